The van der Waals surface area contributed by atoms with E-state index in [2.05, 4.69) is 57.9 Å². The molecule has 2 fully saturated rings. The summed E-state index contributed by atoms with van der Waals surface area (Å²) >= 11 is 2.01. The lowest BCUT2D eigenvalue weighted by molar-refractivity contribution is 0.220. The average Bonchev–Trinajstić information content (AvgIpc) is 3.37. The van der Waals surface area contributed by atoms with Crippen LogP contribution in [0.5, 0.6) is 0 Å². The van der Waals surface area contributed by atoms with Gasteiger partial charge in [-0.2, -0.15) is 0 Å². The number of guanidine groups is 1. The predicted octanol–water partition coefficient (Wildman–Crippen LogP) is 3.44. The predicted molar refractivity (Wildman–Crippen MR) is 119 cm³/mol. The van der Waals surface area contributed by atoms with Crippen LogP contribution in [0.25, 0.3) is 0 Å². The molecule has 0 radical (unpaired) electrons. The highest BCUT2D eigenvalue weighted by atomic mass is 127. The lowest BCUT2D eigenvalue weighted by atomic mass is 9.97. The standard InChI is InChI=1S/C19H30N4S.HI/c1-20-18(21-14-16-8-12-23(2)13-9-16)22-15-19(10-11-19)24-17-6-4-3-5-7-17;/h3-7,16H,8-15H2,1-2H3,(H2,20,21,22);1H. The number of hydrogen-bond donors (Lipinski definition) is 2. The average molecular weight is 474 g/mol. The lowest BCUT2D eigenvalue weighted by Crippen LogP contribution is -2.44. The first-order valence-electron chi connectivity index (χ1n) is 9.06. The molecular weight excluding hydrogens is 443 g/mol. The summed E-state index contributed by atoms with van der Waals surface area (Å²) in [7, 11) is 4.08. The largest absolute Gasteiger partial charge is 0.356 e. The minimum atomic E-state index is 0. The van der Waals surface area contributed by atoms with Crippen molar-refractivity contribution < 1.29 is 0 Å². The Labute approximate surface area is 173 Å². The maximum Gasteiger partial charge on any atom is 0.191 e. The fraction of sp³-hybridized carbons (Fsp3) is 0.632. The Morgan fingerprint density at radius 2 is 1.88 bits per heavy atom. The monoisotopic (exact) mass is 474 g/mol. The van der Waals surface area contributed by atoms with Gasteiger partial charge in [-0.05, 0) is 63.9 Å². The molecular formula is C19H31IN4S. The molecule has 1 aliphatic heterocycles. The number of aliphatic imine (C=N–C) groups is 1. The molecule has 3 rings (SSSR count). The van der Waals surface area contributed by atoms with E-state index in [1.165, 1.54) is 43.7 Å². The van der Waals surface area contributed by atoms with Gasteiger partial charge in [-0.1, -0.05) is 18.2 Å². The van der Waals surface area contributed by atoms with Crippen LogP contribution >= 0.6 is 35.7 Å². The molecule has 6 heteroatoms. The third kappa shape index (κ3) is 6.64. The van der Waals surface area contributed by atoms with Crippen molar-refractivity contribution in [3.05, 3.63) is 30.3 Å². The van der Waals surface area contributed by atoms with Crippen LogP contribution in [0, 0.1) is 5.92 Å². The van der Waals surface area contributed by atoms with E-state index in [-0.39, 0.29) is 24.0 Å². The zero-order valence-corrected chi connectivity index (χ0v) is 18.5. The second-order valence-electron chi connectivity index (χ2n) is 7.15. The van der Waals surface area contributed by atoms with Gasteiger partial charge in [-0.15, -0.1) is 35.7 Å². The molecule has 0 aromatic heterocycles. The molecule has 140 valence electrons. The highest BCUT2D eigenvalue weighted by Crippen LogP contribution is 2.51. The molecule has 4 nitrogen and oxygen atoms in total. The molecule has 25 heavy (non-hydrogen) atoms. The minimum Gasteiger partial charge on any atom is -0.356 e. The summed E-state index contributed by atoms with van der Waals surface area (Å²) in [4.78, 5) is 8.18. The van der Waals surface area contributed by atoms with E-state index in [9.17, 15) is 0 Å². The van der Waals surface area contributed by atoms with Crippen molar-refractivity contribution >= 4 is 41.7 Å². The number of benzene rings is 1. The topological polar surface area (TPSA) is 39.7 Å². The van der Waals surface area contributed by atoms with Crippen molar-refractivity contribution in [3.63, 3.8) is 0 Å². The number of rotatable bonds is 6. The Morgan fingerprint density at radius 1 is 1.20 bits per heavy atom. The summed E-state index contributed by atoms with van der Waals surface area (Å²) in [5.41, 5.74) is 0. The fourth-order valence-corrected chi connectivity index (χ4v) is 4.41. The zero-order chi connectivity index (χ0) is 16.8. The molecule has 0 atom stereocenters. The summed E-state index contributed by atoms with van der Waals surface area (Å²) < 4.78 is 0.354. The van der Waals surface area contributed by atoms with Crippen LogP contribution in [0.3, 0.4) is 0 Å². The van der Waals surface area contributed by atoms with Gasteiger partial charge in [0.05, 0.1) is 0 Å². The molecule has 2 N–H and O–H groups in total. The highest BCUT2D eigenvalue weighted by molar-refractivity contribution is 14.0. The van der Waals surface area contributed by atoms with Gasteiger partial charge < -0.3 is 15.5 Å². The molecule has 2 aliphatic rings. The van der Waals surface area contributed by atoms with E-state index in [0.717, 1.165) is 25.0 Å². The van der Waals surface area contributed by atoms with Gasteiger partial charge >= 0.3 is 0 Å². The van der Waals surface area contributed by atoms with Crippen molar-refractivity contribution in [1.29, 1.82) is 0 Å². The van der Waals surface area contributed by atoms with Crippen molar-refractivity contribution in [2.24, 2.45) is 10.9 Å². The van der Waals surface area contributed by atoms with E-state index in [1.54, 1.807) is 0 Å². The van der Waals surface area contributed by atoms with Crippen LogP contribution in [-0.4, -0.2) is 55.9 Å². The van der Waals surface area contributed by atoms with Crippen molar-refractivity contribution in [3.8, 4) is 0 Å². The van der Waals surface area contributed by atoms with Gasteiger partial charge in [0.1, 0.15) is 0 Å². The van der Waals surface area contributed by atoms with E-state index in [4.69, 9.17) is 0 Å². The van der Waals surface area contributed by atoms with Crippen molar-refractivity contribution in [1.82, 2.24) is 15.5 Å². The van der Waals surface area contributed by atoms with Gasteiger partial charge in [0, 0.05) is 29.8 Å². The van der Waals surface area contributed by atoms with E-state index >= 15 is 0 Å². The SMILES string of the molecule is CN=C(NCC1CCN(C)CC1)NCC1(Sc2ccccc2)CC1.I. The van der Waals surface area contributed by atoms with Crippen LogP contribution in [0.4, 0.5) is 0 Å². The number of nitrogens with zero attached hydrogens (tertiary/aromatic N) is 2. The van der Waals surface area contributed by atoms with Gasteiger partial charge in [0.2, 0.25) is 0 Å². The smallest absolute Gasteiger partial charge is 0.191 e. The Kier molecular flexibility index (Phi) is 8.35. The quantitative estimate of drug-likeness (QED) is 0.377. The van der Waals surface area contributed by atoms with Gasteiger partial charge in [0.15, 0.2) is 5.96 Å². The summed E-state index contributed by atoms with van der Waals surface area (Å²) in [6.07, 6.45) is 5.14. The molecule has 0 unspecified atom stereocenters. The number of likely N-dealkylation sites (tertiary alicyclic amines) is 1. The molecule has 1 saturated heterocycles. The Hall–Kier alpha value is -0.470. The molecule has 1 aromatic rings. The fourth-order valence-electron chi connectivity index (χ4n) is 3.17. The normalized spacial score (nSPS) is 20.6. The summed E-state index contributed by atoms with van der Waals surface area (Å²) in [6.45, 7) is 4.45. The summed E-state index contributed by atoms with van der Waals surface area (Å²) in [5, 5.41) is 7.08. The maximum atomic E-state index is 4.40. The van der Waals surface area contributed by atoms with Crippen LogP contribution in [0.1, 0.15) is 25.7 Å². The molecule has 0 spiro atoms. The Bertz CT molecular complexity index is 540. The van der Waals surface area contributed by atoms with Crippen molar-refractivity contribution in [2.45, 2.75) is 35.3 Å². The second kappa shape index (κ2) is 10.0. The summed E-state index contributed by atoms with van der Waals surface area (Å²) in [6, 6.07) is 10.7. The number of halogens is 1. The van der Waals surface area contributed by atoms with Crippen LogP contribution in [0.15, 0.2) is 40.2 Å². The van der Waals surface area contributed by atoms with E-state index in [0.29, 0.717) is 4.75 Å². The number of thioether (sulfide) groups is 1. The lowest BCUT2D eigenvalue weighted by Gasteiger charge is -2.29. The number of piperidine rings is 1. The second-order valence-corrected chi connectivity index (χ2v) is 8.69. The van der Waals surface area contributed by atoms with E-state index < -0.39 is 0 Å². The maximum absolute atomic E-state index is 4.40. The molecule has 0 bridgehead atoms. The zero-order valence-electron chi connectivity index (χ0n) is 15.3. The molecule has 1 heterocycles. The first-order valence-corrected chi connectivity index (χ1v) is 9.88. The first-order chi connectivity index (χ1) is 11.7. The van der Waals surface area contributed by atoms with E-state index in [1.807, 2.05) is 18.8 Å². The third-order valence-corrected chi connectivity index (χ3v) is 6.58. The first kappa shape index (κ1) is 20.8. The Morgan fingerprint density at radius 3 is 2.48 bits per heavy atom. The molecule has 1 aliphatic carbocycles. The van der Waals surface area contributed by atoms with Crippen LogP contribution < -0.4 is 10.6 Å². The molecule has 1 saturated carbocycles. The minimum absolute atomic E-state index is 0. The van der Waals surface area contributed by atoms with Crippen LogP contribution in [0.2, 0.25) is 0 Å². The summed E-state index contributed by atoms with van der Waals surface area (Å²) in [5.74, 6) is 1.72. The van der Waals surface area contributed by atoms with Gasteiger partial charge in [-0.25, -0.2) is 0 Å². The number of nitrogens with one attached hydrogen (secondary N) is 2. The molecule has 0 amide bonds. The molecule has 1 aromatic carbocycles. The highest BCUT2D eigenvalue weighted by Gasteiger charge is 2.43. The van der Waals surface area contributed by atoms with Gasteiger partial charge in [0.25, 0.3) is 0 Å². The van der Waals surface area contributed by atoms with Gasteiger partial charge in [-0.3, -0.25) is 4.99 Å². The van der Waals surface area contributed by atoms with Crippen LogP contribution in [-0.2, 0) is 0 Å². The third-order valence-electron chi connectivity index (χ3n) is 5.08. The Balaban J connectivity index is 0.00000225. The number of hydrogen-bond acceptors (Lipinski definition) is 3. The van der Waals surface area contributed by atoms with Crippen molar-refractivity contribution in [2.75, 3.05) is 40.3 Å².